The molecule has 0 bridgehead atoms. The van der Waals surface area contributed by atoms with Gasteiger partial charge in [0.1, 0.15) is 0 Å². The van der Waals surface area contributed by atoms with Gasteiger partial charge in [0.15, 0.2) is 0 Å². The van der Waals surface area contributed by atoms with Crippen LogP contribution in [0.2, 0.25) is 0 Å². The average Bonchev–Trinajstić information content (AvgIpc) is 2.30. The van der Waals surface area contributed by atoms with Crippen molar-refractivity contribution in [2.75, 3.05) is 6.54 Å². The number of nitrogens with zero attached hydrogens (tertiary/aromatic N) is 2. The van der Waals surface area contributed by atoms with Crippen LogP contribution in [0.4, 0.5) is 5.69 Å². The molecule has 0 saturated carbocycles. The van der Waals surface area contributed by atoms with E-state index in [9.17, 15) is 0 Å². The number of hydrogen-bond acceptors (Lipinski definition) is 2. The maximum atomic E-state index is 4.15. The molecule has 0 heterocycles. The second-order valence-electron chi connectivity index (χ2n) is 3.99. The Morgan fingerprint density at radius 3 is 2.50 bits per heavy atom. The van der Waals surface area contributed by atoms with E-state index in [0.717, 1.165) is 18.7 Å². The Balaban J connectivity index is 2.30. The summed E-state index contributed by atoms with van der Waals surface area (Å²) in [6.45, 7) is 5.12. The van der Waals surface area contributed by atoms with E-state index in [1.165, 1.54) is 24.8 Å². The minimum Gasteiger partial charge on any atom is -0.225 e. The van der Waals surface area contributed by atoms with Gasteiger partial charge in [-0.3, -0.25) is 0 Å². The summed E-state index contributed by atoms with van der Waals surface area (Å²) in [5.41, 5.74) is 2.17. The van der Waals surface area contributed by atoms with Crippen LogP contribution in [0.1, 0.15) is 38.2 Å². The van der Waals surface area contributed by atoms with Crippen LogP contribution in [0.3, 0.4) is 0 Å². The fourth-order valence-electron chi connectivity index (χ4n) is 1.38. The van der Waals surface area contributed by atoms with Crippen molar-refractivity contribution in [3.8, 4) is 0 Å². The average molecular weight is 216 g/mol. The summed E-state index contributed by atoms with van der Waals surface area (Å²) < 4.78 is 0. The second kappa shape index (κ2) is 7.84. The van der Waals surface area contributed by atoms with E-state index in [2.05, 4.69) is 29.8 Å². The topological polar surface area (TPSA) is 24.7 Å². The van der Waals surface area contributed by atoms with Crippen LogP contribution in [0.15, 0.2) is 34.3 Å². The molecule has 0 aliphatic carbocycles. The third-order valence-electron chi connectivity index (χ3n) is 2.41. The van der Waals surface area contributed by atoms with Crippen LogP contribution < -0.4 is 0 Å². The van der Waals surface area contributed by atoms with Gasteiger partial charge in [-0.15, -0.1) is 0 Å². The largest absolute Gasteiger partial charge is 0.225 e. The normalized spacial score (nSPS) is 9.62. The molecule has 0 fully saturated rings. The van der Waals surface area contributed by atoms with E-state index in [-0.39, 0.29) is 0 Å². The van der Waals surface area contributed by atoms with E-state index in [1.807, 2.05) is 24.3 Å². The molecule has 1 rings (SSSR count). The maximum absolute atomic E-state index is 4.15. The summed E-state index contributed by atoms with van der Waals surface area (Å²) in [5.74, 6) is 0. The highest BCUT2D eigenvalue weighted by Gasteiger charge is 1.86. The second-order valence-corrected chi connectivity index (χ2v) is 3.99. The first kappa shape index (κ1) is 12.7. The van der Waals surface area contributed by atoms with Gasteiger partial charge in [-0.1, -0.05) is 43.9 Å². The van der Waals surface area contributed by atoms with Gasteiger partial charge >= 0.3 is 0 Å². The molecule has 0 unspecified atom stereocenters. The molecule has 0 aromatic heterocycles. The van der Waals surface area contributed by atoms with Crippen molar-refractivity contribution >= 4 is 11.7 Å². The van der Waals surface area contributed by atoms with Gasteiger partial charge in [0.25, 0.3) is 0 Å². The number of rotatable bonds is 6. The lowest BCUT2D eigenvalue weighted by molar-refractivity contribution is 0.676. The quantitative estimate of drug-likeness (QED) is 0.498. The Kier molecular flexibility index (Phi) is 6.20. The zero-order valence-corrected chi connectivity index (χ0v) is 10.2. The summed E-state index contributed by atoms with van der Waals surface area (Å²) in [6, 6.07) is 10.8. The molecule has 0 amide bonds. The Labute approximate surface area is 98.1 Å². The summed E-state index contributed by atoms with van der Waals surface area (Å²) in [6.07, 6.45) is 4.96. The SMILES string of the molecule is CCCCCCN=C=Nc1ccc(C)cc1. The standard InChI is InChI=1S/C14H20N2/c1-3-4-5-6-11-15-12-16-14-9-7-13(2)8-10-14/h7-10H,3-6,11H2,1-2H3. The van der Waals surface area contributed by atoms with Gasteiger partial charge < -0.3 is 0 Å². The molecular weight excluding hydrogens is 196 g/mol. The van der Waals surface area contributed by atoms with Crippen molar-refractivity contribution in [2.24, 2.45) is 9.98 Å². The van der Waals surface area contributed by atoms with E-state index in [0.29, 0.717) is 0 Å². The Hall–Kier alpha value is -1.40. The number of aliphatic imine (C=N–C) groups is 2. The molecule has 0 aliphatic heterocycles. The Bertz CT molecular complexity index is 346. The molecule has 0 spiro atoms. The van der Waals surface area contributed by atoms with E-state index < -0.39 is 0 Å². The van der Waals surface area contributed by atoms with Crippen LogP contribution in [-0.2, 0) is 0 Å². The minimum atomic E-state index is 0.843. The molecule has 1 aromatic rings. The van der Waals surface area contributed by atoms with Crippen LogP contribution in [0.5, 0.6) is 0 Å². The fourth-order valence-corrected chi connectivity index (χ4v) is 1.38. The van der Waals surface area contributed by atoms with Crippen LogP contribution in [-0.4, -0.2) is 12.6 Å². The van der Waals surface area contributed by atoms with Crippen molar-refractivity contribution in [1.82, 2.24) is 0 Å². The number of unbranched alkanes of at least 4 members (excludes halogenated alkanes) is 3. The zero-order chi connectivity index (χ0) is 11.6. The number of benzene rings is 1. The highest BCUT2D eigenvalue weighted by molar-refractivity contribution is 5.52. The lowest BCUT2D eigenvalue weighted by atomic mass is 10.2. The zero-order valence-electron chi connectivity index (χ0n) is 10.2. The first-order chi connectivity index (χ1) is 7.83. The van der Waals surface area contributed by atoms with Crippen molar-refractivity contribution in [3.05, 3.63) is 29.8 Å². The third kappa shape index (κ3) is 5.47. The summed E-state index contributed by atoms with van der Waals surface area (Å²) in [5, 5.41) is 0. The Morgan fingerprint density at radius 1 is 1.06 bits per heavy atom. The molecule has 86 valence electrons. The third-order valence-corrected chi connectivity index (χ3v) is 2.41. The van der Waals surface area contributed by atoms with Crippen LogP contribution in [0.25, 0.3) is 0 Å². The van der Waals surface area contributed by atoms with Gasteiger partial charge in [-0.05, 0) is 25.5 Å². The van der Waals surface area contributed by atoms with Gasteiger partial charge in [0.2, 0.25) is 0 Å². The van der Waals surface area contributed by atoms with E-state index in [1.54, 1.807) is 0 Å². The smallest absolute Gasteiger partial charge is 0.0948 e. The van der Waals surface area contributed by atoms with Gasteiger partial charge in [0, 0.05) is 6.54 Å². The van der Waals surface area contributed by atoms with Gasteiger partial charge in [-0.2, -0.15) is 4.99 Å². The van der Waals surface area contributed by atoms with E-state index in [4.69, 9.17) is 0 Å². The number of hydrogen-bond donors (Lipinski definition) is 0. The monoisotopic (exact) mass is 216 g/mol. The summed E-state index contributed by atoms with van der Waals surface area (Å²) >= 11 is 0. The van der Waals surface area contributed by atoms with Gasteiger partial charge in [0.05, 0.1) is 11.7 Å². The highest BCUT2D eigenvalue weighted by Crippen LogP contribution is 2.10. The predicted molar refractivity (Wildman–Crippen MR) is 69.7 cm³/mol. The fraction of sp³-hybridized carbons (Fsp3) is 0.500. The van der Waals surface area contributed by atoms with Crippen LogP contribution in [0, 0.1) is 6.92 Å². The van der Waals surface area contributed by atoms with Gasteiger partial charge in [-0.25, -0.2) is 4.99 Å². The molecule has 0 N–H and O–H groups in total. The van der Waals surface area contributed by atoms with Crippen molar-refractivity contribution in [3.63, 3.8) is 0 Å². The molecular formula is C14H20N2. The number of aryl methyl sites for hydroxylation is 1. The molecule has 0 radical (unpaired) electrons. The molecule has 2 heteroatoms. The lowest BCUT2D eigenvalue weighted by Gasteiger charge is -1.92. The Morgan fingerprint density at radius 2 is 1.81 bits per heavy atom. The molecule has 2 nitrogen and oxygen atoms in total. The van der Waals surface area contributed by atoms with Crippen molar-refractivity contribution in [2.45, 2.75) is 39.5 Å². The highest BCUT2D eigenvalue weighted by atomic mass is 14.8. The first-order valence-corrected chi connectivity index (χ1v) is 6.02. The lowest BCUT2D eigenvalue weighted by Crippen LogP contribution is -1.80. The summed E-state index contributed by atoms with van der Waals surface area (Å²) in [7, 11) is 0. The molecule has 1 aromatic carbocycles. The predicted octanol–water partition coefficient (Wildman–Crippen LogP) is 4.38. The maximum Gasteiger partial charge on any atom is 0.0948 e. The molecule has 0 saturated heterocycles. The summed E-state index contributed by atoms with van der Waals surface area (Å²) in [4.78, 5) is 8.29. The first-order valence-electron chi connectivity index (χ1n) is 6.02. The molecule has 16 heavy (non-hydrogen) atoms. The van der Waals surface area contributed by atoms with Crippen molar-refractivity contribution < 1.29 is 0 Å². The molecule has 0 atom stereocenters. The van der Waals surface area contributed by atoms with Crippen molar-refractivity contribution in [1.29, 1.82) is 0 Å². The molecule has 0 aliphatic rings. The minimum absolute atomic E-state index is 0.843. The van der Waals surface area contributed by atoms with E-state index >= 15 is 0 Å². The van der Waals surface area contributed by atoms with Crippen LogP contribution >= 0.6 is 0 Å².